The molecule has 8 heteroatoms. The van der Waals surface area contributed by atoms with Gasteiger partial charge in [0.25, 0.3) is 0 Å². The fourth-order valence-electron chi connectivity index (χ4n) is 3.48. The standard InChI is InChI=1S/C18H20FN5O2/c1-9-12(13-5-11(19)3-4-15(13)20-9)6-17(25)22-16-8-26-7-14(16)18-21-10(2)23-24-18/h3-5,14,16,20H,6-8H2,1-2H3,(H,22,25)(H,21,23,24)/t14-,16+/m1/s1. The molecule has 1 aliphatic rings. The summed E-state index contributed by atoms with van der Waals surface area (Å²) in [5.41, 5.74) is 2.50. The molecule has 1 fully saturated rings. The molecule has 1 aromatic carbocycles. The Morgan fingerprint density at radius 3 is 3.00 bits per heavy atom. The van der Waals surface area contributed by atoms with E-state index < -0.39 is 0 Å². The summed E-state index contributed by atoms with van der Waals surface area (Å²) in [5, 5.41) is 10.8. The summed E-state index contributed by atoms with van der Waals surface area (Å²) in [6, 6.07) is 4.37. The molecule has 1 aliphatic heterocycles. The van der Waals surface area contributed by atoms with Crippen molar-refractivity contribution >= 4 is 16.8 Å². The summed E-state index contributed by atoms with van der Waals surface area (Å²) in [6.45, 7) is 4.61. The van der Waals surface area contributed by atoms with Gasteiger partial charge in [-0.25, -0.2) is 9.37 Å². The number of carbonyl (C=O) groups excluding carboxylic acids is 1. The zero-order valence-electron chi connectivity index (χ0n) is 14.6. The second-order valence-electron chi connectivity index (χ2n) is 6.69. The van der Waals surface area contributed by atoms with Gasteiger partial charge in [0.05, 0.1) is 31.6 Å². The first-order chi connectivity index (χ1) is 12.5. The number of halogens is 1. The van der Waals surface area contributed by atoms with Gasteiger partial charge in [-0.1, -0.05) is 0 Å². The van der Waals surface area contributed by atoms with E-state index in [1.54, 1.807) is 6.07 Å². The first-order valence-electron chi connectivity index (χ1n) is 8.54. The SMILES string of the molecule is Cc1nc([C@@H]2COC[C@@H]2NC(=O)Cc2c(C)[nH]c3ccc(F)cc23)n[nH]1. The van der Waals surface area contributed by atoms with Gasteiger partial charge in [-0.2, -0.15) is 5.10 Å². The van der Waals surface area contributed by atoms with Crippen molar-refractivity contribution in [3.8, 4) is 0 Å². The largest absolute Gasteiger partial charge is 0.378 e. The van der Waals surface area contributed by atoms with Crippen LogP contribution in [-0.4, -0.2) is 45.3 Å². The number of nitrogens with one attached hydrogen (secondary N) is 3. The van der Waals surface area contributed by atoms with Crippen molar-refractivity contribution in [1.82, 2.24) is 25.5 Å². The van der Waals surface area contributed by atoms with Crippen LogP contribution in [0, 0.1) is 19.7 Å². The second kappa shape index (κ2) is 6.53. The zero-order chi connectivity index (χ0) is 18.3. The number of amides is 1. The summed E-state index contributed by atoms with van der Waals surface area (Å²) in [4.78, 5) is 20.1. The minimum absolute atomic E-state index is 0.0783. The average Bonchev–Trinajstić information content (AvgIpc) is 3.29. The number of nitrogens with zero attached hydrogens (tertiary/aromatic N) is 2. The fraction of sp³-hybridized carbons (Fsp3) is 0.389. The Morgan fingerprint density at radius 2 is 2.23 bits per heavy atom. The van der Waals surface area contributed by atoms with Gasteiger partial charge < -0.3 is 15.0 Å². The van der Waals surface area contributed by atoms with E-state index in [0.29, 0.717) is 19.0 Å². The van der Waals surface area contributed by atoms with Gasteiger partial charge in [0.2, 0.25) is 5.91 Å². The van der Waals surface area contributed by atoms with Gasteiger partial charge in [-0.15, -0.1) is 0 Å². The monoisotopic (exact) mass is 357 g/mol. The van der Waals surface area contributed by atoms with E-state index in [-0.39, 0.29) is 30.1 Å². The predicted molar refractivity (Wildman–Crippen MR) is 93.3 cm³/mol. The van der Waals surface area contributed by atoms with Crippen molar-refractivity contribution in [2.75, 3.05) is 13.2 Å². The maximum Gasteiger partial charge on any atom is 0.224 e. The Morgan fingerprint density at radius 1 is 1.38 bits per heavy atom. The van der Waals surface area contributed by atoms with E-state index in [4.69, 9.17) is 4.74 Å². The molecule has 26 heavy (non-hydrogen) atoms. The molecular formula is C18H20FN5O2. The van der Waals surface area contributed by atoms with E-state index in [1.807, 2.05) is 13.8 Å². The van der Waals surface area contributed by atoms with Crippen molar-refractivity contribution in [3.05, 3.63) is 46.9 Å². The van der Waals surface area contributed by atoms with Crippen LogP contribution in [0.15, 0.2) is 18.2 Å². The highest BCUT2D eigenvalue weighted by atomic mass is 19.1. The van der Waals surface area contributed by atoms with Crippen molar-refractivity contribution in [3.63, 3.8) is 0 Å². The minimum Gasteiger partial charge on any atom is -0.378 e. The molecule has 0 saturated carbocycles. The maximum absolute atomic E-state index is 13.6. The predicted octanol–water partition coefficient (Wildman–Crippen LogP) is 1.88. The number of ether oxygens (including phenoxy) is 1. The lowest BCUT2D eigenvalue weighted by Gasteiger charge is -2.16. The van der Waals surface area contributed by atoms with Crippen LogP contribution >= 0.6 is 0 Å². The molecular weight excluding hydrogens is 337 g/mol. The van der Waals surface area contributed by atoms with E-state index >= 15 is 0 Å². The Labute approximate surface area is 149 Å². The number of carbonyl (C=O) groups is 1. The molecule has 3 aromatic rings. The second-order valence-corrected chi connectivity index (χ2v) is 6.69. The summed E-state index contributed by atoms with van der Waals surface area (Å²) < 4.78 is 19.1. The molecule has 136 valence electrons. The lowest BCUT2D eigenvalue weighted by Crippen LogP contribution is -2.40. The molecule has 2 aromatic heterocycles. The highest BCUT2D eigenvalue weighted by molar-refractivity contribution is 5.90. The van der Waals surface area contributed by atoms with Gasteiger partial charge in [-0.05, 0) is 37.6 Å². The van der Waals surface area contributed by atoms with E-state index in [1.165, 1.54) is 12.1 Å². The van der Waals surface area contributed by atoms with Gasteiger partial charge in [0, 0.05) is 16.6 Å². The Kier molecular flexibility index (Phi) is 4.20. The fourth-order valence-corrected chi connectivity index (χ4v) is 3.48. The number of fused-ring (bicyclic) bond motifs is 1. The van der Waals surface area contributed by atoms with E-state index in [0.717, 1.165) is 28.0 Å². The number of H-pyrrole nitrogens is 2. The first kappa shape index (κ1) is 16.7. The number of hydrogen-bond donors (Lipinski definition) is 3. The first-order valence-corrected chi connectivity index (χ1v) is 8.54. The lowest BCUT2D eigenvalue weighted by atomic mass is 10.0. The summed E-state index contributed by atoms with van der Waals surface area (Å²) in [5.74, 6) is 0.850. The molecule has 3 heterocycles. The highest BCUT2D eigenvalue weighted by Gasteiger charge is 2.33. The van der Waals surface area contributed by atoms with Crippen LogP contribution in [0.4, 0.5) is 4.39 Å². The molecule has 3 N–H and O–H groups in total. The van der Waals surface area contributed by atoms with Crippen molar-refractivity contribution in [2.24, 2.45) is 0 Å². The summed E-state index contributed by atoms with van der Waals surface area (Å²) in [7, 11) is 0. The summed E-state index contributed by atoms with van der Waals surface area (Å²) in [6.07, 6.45) is 0.172. The van der Waals surface area contributed by atoms with Crippen molar-refractivity contribution < 1.29 is 13.9 Å². The van der Waals surface area contributed by atoms with Gasteiger partial charge in [0.15, 0.2) is 5.82 Å². The molecule has 0 unspecified atom stereocenters. The Balaban J connectivity index is 1.50. The third kappa shape index (κ3) is 3.08. The number of hydrogen-bond acceptors (Lipinski definition) is 4. The van der Waals surface area contributed by atoms with Gasteiger partial charge >= 0.3 is 0 Å². The van der Waals surface area contributed by atoms with Gasteiger partial charge in [0.1, 0.15) is 11.6 Å². The molecule has 7 nitrogen and oxygen atoms in total. The maximum atomic E-state index is 13.6. The Hall–Kier alpha value is -2.74. The van der Waals surface area contributed by atoms with E-state index in [9.17, 15) is 9.18 Å². The average molecular weight is 357 g/mol. The van der Waals surface area contributed by atoms with Crippen LogP contribution in [0.25, 0.3) is 10.9 Å². The molecule has 4 rings (SSSR count). The van der Waals surface area contributed by atoms with Gasteiger partial charge in [-0.3, -0.25) is 9.89 Å². The molecule has 0 aliphatic carbocycles. The topological polar surface area (TPSA) is 95.7 Å². The van der Waals surface area contributed by atoms with Crippen LogP contribution in [0.1, 0.15) is 28.8 Å². The molecule has 2 atom stereocenters. The number of rotatable bonds is 4. The Bertz CT molecular complexity index is 964. The van der Waals surface area contributed by atoms with E-state index in [2.05, 4.69) is 25.5 Å². The van der Waals surface area contributed by atoms with Crippen LogP contribution in [0.5, 0.6) is 0 Å². The highest BCUT2D eigenvalue weighted by Crippen LogP contribution is 2.25. The number of aryl methyl sites for hydroxylation is 2. The van der Waals surface area contributed by atoms with Crippen LogP contribution in [0.3, 0.4) is 0 Å². The van der Waals surface area contributed by atoms with Crippen molar-refractivity contribution in [1.29, 1.82) is 0 Å². The number of aromatic nitrogens is 4. The molecule has 0 radical (unpaired) electrons. The summed E-state index contributed by atoms with van der Waals surface area (Å²) >= 11 is 0. The van der Waals surface area contributed by atoms with Crippen LogP contribution < -0.4 is 5.32 Å². The lowest BCUT2D eigenvalue weighted by molar-refractivity contribution is -0.121. The van der Waals surface area contributed by atoms with Crippen LogP contribution in [0.2, 0.25) is 0 Å². The molecule has 1 amide bonds. The molecule has 0 spiro atoms. The van der Waals surface area contributed by atoms with Crippen molar-refractivity contribution in [2.45, 2.75) is 32.2 Å². The van der Waals surface area contributed by atoms with Crippen LogP contribution in [-0.2, 0) is 16.0 Å². The molecule has 1 saturated heterocycles. The third-order valence-electron chi connectivity index (χ3n) is 4.79. The normalized spacial score (nSPS) is 20.0. The molecule has 0 bridgehead atoms. The minimum atomic E-state index is -0.317. The third-order valence-corrected chi connectivity index (χ3v) is 4.79. The number of aromatic amines is 2. The quantitative estimate of drug-likeness (QED) is 0.664. The number of benzene rings is 1. The zero-order valence-corrected chi connectivity index (χ0v) is 14.6. The smallest absolute Gasteiger partial charge is 0.224 e.